The molecule has 6 nitrogen and oxygen atoms in total. The van der Waals surface area contributed by atoms with Crippen molar-refractivity contribution in [1.82, 2.24) is 14.5 Å². The molecule has 1 atom stereocenters. The van der Waals surface area contributed by atoms with Crippen LogP contribution in [0.4, 0.5) is 5.82 Å². The van der Waals surface area contributed by atoms with Crippen molar-refractivity contribution in [3.63, 3.8) is 0 Å². The summed E-state index contributed by atoms with van der Waals surface area (Å²) in [5.74, 6) is 0.935. The van der Waals surface area contributed by atoms with Crippen molar-refractivity contribution in [2.24, 2.45) is 0 Å². The summed E-state index contributed by atoms with van der Waals surface area (Å²) in [6.45, 7) is 3.59. The second-order valence-corrected chi connectivity index (χ2v) is 10.0. The number of sulfonamides is 1. The first-order valence-electron chi connectivity index (χ1n) is 10.4. The van der Waals surface area contributed by atoms with Crippen LogP contribution < -0.4 is 4.90 Å². The predicted molar refractivity (Wildman–Crippen MR) is 121 cm³/mol. The lowest BCUT2D eigenvalue weighted by Gasteiger charge is -2.27. The molecule has 1 aromatic heterocycles. The van der Waals surface area contributed by atoms with E-state index in [9.17, 15) is 8.42 Å². The van der Waals surface area contributed by atoms with Gasteiger partial charge in [-0.2, -0.15) is 5.10 Å². The molecule has 4 rings (SSSR count). The molecule has 1 saturated heterocycles. The molecule has 0 spiro atoms. The van der Waals surface area contributed by atoms with E-state index in [2.05, 4.69) is 27.2 Å². The molecule has 2 aromatic carbocycles. The zero-order valence-corrected chi connectivity index (χ0v) is 18.3. The normalized spacial score (nSPS) is 18.0. The Balaban J connectivity index is 1.50. The standard InChI is InChI=1S/C23H28N4O2S/c1-18-21-12-6-7-13-22(21)23(25-24-18)27-15-8-11-20(14-16-27)26(2)30(28,29)17-19-9-4-3-5-10-19/h3-7,9-10,12-13,20H,8,11,14-17H2,1-2H3. The molecule has 30 heavy (non-hydrogen) atoms. The highest BCUT2D eigenvalue weighted by atomic mass is 32.2. The summed E-state index contributed by atoms with van der Waals surface area (Å²) in [6.07, 6.45) is 2.53. The molecule has 158 valence electrons. The van der Waals surface area contributed by atoms with Crippen LogP contribution in [0.3, 0.4) is 0 Å². The second-order valence-electron chi connectivity index (χ2n) is 7.98. The lowest BCUT2D eigenvalue weighted by molar-refractivity contribution is 0.341. The average molecular weight is 425 g/mol. The average Bonchev–Trinajstić information content (AvgIpc) is 3.00. The summed E-state index contributed by atoms with van der Waals surface area (Å²) in [7, 11) is -1.64. The smallest absolute Gasteiger partial charge is 0.218 e. The van der Waals surface area contributed by atoms with E-state index in [4.69, 9.17) is 0 Å². The number of anilines is 1. The van der Waals surface area contributed by atoms with E-state index in [-0.39, 0.29) is 11.8 Å². The van der Waals surface area contributed by atoms with Gasteiger partial charge >= 0.3 is 0 Å². The fraction of sp³-hybridized carbons (Fsp3) is 0.391. The number of aryl methyl sites for hydroxylation is 1. The van der Waals surface area contributed by atoms with E-state index in [1.165, 1.54) is 0 Å². The molecule has 0 N–H and O–H groups in total. The highest BCUT2D eigenvalue weighted by Gasteiger charge is 2.29. The molecule has 1 unspecified atom stereocenters. The zero-order valence-electron chi connectivity index (χ0n) is 17.5. The molecule has 1 aliphatic rings. The summed E-state index contributed by atoms with van der Waals surface area (Å²) < 4.78 is 27.5. The topological polar surface area (TPSA) is 66.4 Å². The lowest BCUT2D eigenvalue weighted by Crippen LogP contribution is -2.38. The number of rotatable bonds is 5. The van der Waals surface area contributed by atoms with Crippen molar-refractivity contribution < 1.29 is 8.42 Å². The van der Waals surface area contributed by atoms with Crippen molar-refractivity contribution >= 4 is 26.6 Å². The Bertz CT molecular complexity index is 1120. The monoisotopic (exact) mass is 424 g/mol. The maximum absolute atomic E-state index is 13.0. The number of benzene rings is 2. The first kappa shape index (κ1) is 20.8. The summed E-state index contributed by atoms with van der Waals surface area (Å²) in [4.78, 5) is 2.26. The number of hydrogen-bond donors (Lipinski definition) is 0. The van der Waals surface area contributed by atoms with Crippen LogP contribution in [0.2, 0.25) is 0 Å². The molecule has 3 aromatic rings. The highest BCUT2D eigenvalue weighted by Crippen LogP contribution is 2.28. The fourth-order valence-electron chi connectivity index (χ4n) is 4.23. The minimum atomic E-state index is -3.36. The molecule has 0 amide bonds. The van der Waals surface area contributed by atoms with E-state index in [1.807, 2.05) is 49.4 Å². The minimum Gasteiger partial charge on any atom is -0.355 e. The maximum atomic E-state index is 13.0. The van der Waals surface area contributed by atoms with E-state index < -0.39 is 10.0 Å². The lowest BCUT2D eigenvalue weighted by atomic mass is 10.1. The van der Waals surface area contributed by atoms with Crippen LogP contribution >= 0.6 is 0 Å². The van der Waals surface area contributed by atoms with Gasteiger partial charge in [0.2, 0.25) is 10.0 Å². The van der Waals surface area contributed by atoms with Crippen molar-refractivity contribution in [3.8, 4) is 0 Å². The van der Waals surface area contributed by atoms with E-state index in [0.717, 1.165) is 60.2 Å². The quantitative estimate of drug-likeness (QED) is 0.624. The van der Waals surface area contributed by atoms with Crippen LogP contribution in [0.25, 0.3) is 10.8 Å². The Hall–Kier alpha value is -2.51. The van der Waals surface area contributed by atoms with Gasteiger partial charge in [-0.3, -0.25) is 0 Å². The molecular weight excluding hydrogens is 396 g/mol. The highest BCUT2D eigenvalue weighted by molar-refractivity contribution is 7.88. The molecule has 1 aliphatic heterocycles. The molecule has 0 bridgehead atoms. The van der Waals surface area contributed by atoms with Gasteiger partial charge in [-0.1, -0.05) is 54.6 Å². The predicted octanol–water partition coefficient (Wildman–Crippen LogP) is 3.76. The first-order valence-corrected chi connectivity index (χ1v) is 12.0. The summed E-state index contributed by atoms with van der Waals surface area (Å²) in [5, 5.41) is 11.1. The van der Waals surface area contributed by atoms with Crippen molar-refractivity contribution in [3.05, 3.63) is 65.9 Å². The van der Waals surface area contributed by atoms with Crippen LogP contribution in [0.5, 0.6) is 0 Å². The van der Waals surface area contributed by atoms with Gasteiger partial charge in [0.1, 0.15) is 0 Å². The molecule has 0 radical (unpaired) electrons. The number of nitrogens with zero attached hydrogens (tertiary/aromatic N) is 4. The van der Waals surface area contributed by atoms with Gasteiger partial charge in [0, 0.05) is 37.0 Å². The molecule has 1 fully saturated rings. The van der Waals surface area contributed by atoms with Crippen molar-refractivity contribution in [1.29, 1.82) is 0 Å². The van der Waals surface area contributed by atoms with Gasteiger partial charge in [-0.05, 0) is 31.7 Å². The van der Waals surface area contributed by atoms with Crippen LogP contribution in [0.1, 0.15) is 30.5 Å². The zero-order chi connectivity index (χ0) is 21.1. The first-order chi connectivity index (χ1) is 14.5. The largest absolute Gasteiger partial charge is 0.355 e. The molecule has 7 heteroatoms. The molecular formula is C23H28N4O2S. The third-order valence-electron chi connectivity index (χ3n) is 5.99. The van der Waals surface area contributed by atoms with E-state index in [1.54, 1.807) is 11.4 Å². The molecule has 2 heterocycles. The SMILES string of the molecule is Cc1nnc(N2CCCC(N(C)S(=O)(=O)Cc3ccccc3)CC2)c2ccccc12. The third kappa shape index (κ3) is 4.32. The third-order valence-corrected chi connectivity index (χ3v) is 7.87. The second kappa shape index (κ2) is 8.70. The van der Waals surface area contributed by atoms with E-state index in [0.29, 0.717) is 0 Å². The fourth-order valence-corrected chi connectivity index (χ4v) is 5.71. The van der Waals surface area contributed by atoms with Crippen LogP contribution in [-0.2, 0) is 15.8 Å². The Morgan fingerprint density at radius 2 is 1.67 bits per heavy atom. The van der Waals surface area contributed by atoms with Crippen LogP contribution in [0, 0.1) is 6.92 Å². The number of aromatic nitrogens is 2. The van der Waals surface area contributed by atoms with Crippen molar-refractivity contribution in [2.45, 2.75) is 38.0 Å². The Labute approximate surface area is 178 Å². The summed E-state index contributed by atoms with van der Waals surface area (Å²) >= 11 is 0. The van der Waals surface area contributed by atoms with Gasteiger partial charge in [0.25, 0.3) is 0 Å². The Morgan fingerprint density at radius 3 is 2.43 bits per heavy atom. The van der Waals surface area contributed by atoms with Crippen molar-refractivity contribution in [2.75, 3.05) is 25.0 Å². The number of hydrogen-bond acceptors (Lipinski definition) is 5. The van der Waals surface area contributed by atoms with Crippen LogP contribution in [-0.4, -0.2) is 49.1 Å². The van der Waals surface area contributed by atoms with Gasteiger partial charge < -0.3 is 4.90 Å². The van der Waals surface area contributed by atoms with E-state index >= 15 is 0 Å². The van der Waals surface area contributed by atoms with Crippen LogP contribution in [0.15, 0.2) is 54.6 Å². The van der Waals surface area contributed by atoms with Gasteiger partial charge in [0.15, 0.2) is 5.82 Å². The van der Waals surface area contributed by atoms with Gasteiger partial charge in [0.05, 0.1) is 11.4 Å². The minimum absolute atomic E-state index is 0.00613. The summed E-state index contributed by atoms with van der Waals surface area (Å²) in [5.41, 5.74) is 1.75. The Morgan fingerprint density at radius 1 is 0.967 bits per heavy atom. The van der Waals surface area contributed by atoms with Gasteiger partial charge in [-0.15, -0.1) is 5.10 Å². The summed E-state index contributed by atoms with van der Waals surface area (Å²) in [6, 6.07) is 17.6. The Kier molecular flexibility index (Phi) is 6.01. The van der Waals surface area contributed by atoms with Gasteiger partial charge in [-0.25, -0.2) is 12.7 Å². The number of fused-ring (bicyclic) bond motifs is 1. The molecule has 0 aliphatic carbocycles. The molecule has 0 saturated carbocycles. The maximum Gasteiger partial charge on any atom is 0.218 e.